The van der Waals surface area contributed by atoms with Crippen LogP contribution < -0.4 is 10.6 Å². The number of hydrogen-bond acceptors (Lipinski definition) is 4. The van der Waals surface area contributed by atoms with Crippen molar-refractivity contribution in [3.05, 3.63) is 45.9 Å². The SMILES string of the molecule is CNC(=O)c1ccc(NC(C)c2cscn2)c(C)c1. The van der Waals surface area contributed by atoms with Crippen molar-refractivity contribution in [2.24, 2.45) is 0 Å². The van der Waals surface area contributed by atoms with E-state index in [0.29, 0.717) is 5.56 Å². The number of aromatic nitrogens is 1. The van der Waals surface area contributed by atoms with Gasteiger partial charge in [0, 0.05) is 23.7 Å². The van der Waals surface area contributed by atoms with Crippen LogP contribution in [-0.4, -0.2) is 17.9 Å². The number of carbonyl (C=O) groups is 1. The van der Waals surface area contributed by atoms with Gasteiger partial charge in [0.05, 0.1) is 17.2 Å². The zero-order chi connectivity index (χ0) is 13.8. The van der Waals surface area contributed by atoms with Crippen LogP contribution in [0.2, 0.25) is 0 Å². The summed E-state index contributed by atoms with van der Waals surface area (Å²) in [6, 6.07) is 5.79. The van der Waals surface area contributed by atoms with Crippen LogP contribution in [0, 0.1) is 6.92 Å². The van der Waals surface area contributed by atoms with Crippen LogP contribution in [0.4, 0.5) is 5.69 Å². The van der Waals surface area contributed by atoms with Crippen LogP contribution in [0.1, 0.15) is 34.6 Å². The molecule has 1 atom stereocenters. The molecule has 1 unspecified atom stereocenters. The summed E-state index contributed by atoms with van der Waals surface area (Å²) < 4.78 is 0. The first-order valence-corrected chi connectivity index (χ1v) is 7.03. The highest BCUT2D eigenvalue weighted by Gasteiger charge is 2.10. The average molecular weight is 275 g/mol. The minimum atomic E-state index is -0.0674. The van der Waals surface area contributed by atoms with Gasteiger partial charge in [0.2, 0.25) is 0 Å². The molecule has 1 aromatic carbocycles. The molecule has 0 spiro atoms. The number of rotatable bonds is 4. The highest BCUT2D eigenvalue weighted by atomic mass is 32.1. The average Bonchev–Trinajstić information content (AvgIpc) is 2.94. The second kappa shape index (κ2) is 5.84. The molecule has 5 heteroatoms. The van der Waals surface area contributed by atoms with Crippen molar-refractivity contribution in [3.63, 3.8) is 0 Å². The van der Waals surface area contributed by atoms with Crippen molar-refractivity contribution in [2.75, 3.05) is 12.4 Å². The molecule has 0 aliphatic carbocycles. The van der Waals surface area contributed by atoms with E-state index in [9.17, 15) is 4.79 Å². The number of nitrogens with zero attached hydrogens (tertiary/aromatic N) is 1. The Hall–Kier alpha value is -1.88. The van der Waals surface area contributed by atoms with Gasteiger partial charge >= 0.3 is 0 Å². The third-order valence-corrected chi connectivity index (χ3v) is 3.59. The Morgan fingerprint density at radius 2 is 2.21 bits per heavy atom. The van der Waals surface area contributed by atoms with E-state index in [1.165, 1.54) is 0 Å². The molecule has 100 valence electrons. The van der Waals surface area contributed by atoms with E-state index in [4.69, 9.17) is 0 Å². The second-order valence-electron chi connectivity index (χ2n) is 4.39. The van der Waals surface area contributed by atoms with Crippen molar-refractivity contribution < 1.29 is 4.79 Å². The van der Waals surface area contributed by atoms with E-state index in [-0.39, 0.29) is 11.9 Å². The Morgan fingerprint density at radius 1 is 1.42 bits per heavy atom. The van der Waals surface area contributed by atoms with E-state index in [1.807, 2.05) is 36.0 Å². The lowest BCUT2D eigenvalue weighted by Gasteiger charge is -2.16. The lowest BCUT2D eigenvalue weighted by molar-refractivity contribution is 0.0963. The van der Waals surface area contributed by atoms with Gasteiger partial charge in [0.25, 0.3) is 5.91 Å². The molecule has 0 saturated carbocycles. The van der Waals surface area contributed by atoms with Crippen LogP contribution >= 0.6 is 11.3 Å². The summed E-state index contributed by atoms with van der Waals surface area (Å²) in [5.74, 6) is -0.0674. The summed E-state index contributed by atoms with van der Waals surface area (Å²) in [6.07, 6.45) is 0. The molecule has 2 rings (SSSR count). The van der Waals surface area contributed by atoms with Gasteiger partial charge in [-0.1, -0.05) is 0 Å². The predicted octanol–water partition coefficient (Wildman–Crippen LogP) is 2.98. The Balaban J connectivity index is 2.15. The first kappa shape index (κ1) is 13.5. The predicted molar refractivity (Wildman–Crippen MR) is 78.7 cm³/mol. The van der Waals surface area contributed by atoms with E-state index < -0.39 is 0 Å². The Bertz CT molecular complexity index is 566. The van der Waals surface area contributed by atoms with Gasteiger partial charge in [-0.15, -0.1) is 11.3 Å². The van der Waals surface area contributed by atoms with Gasteiger partial charge in [0.1, 0.15) is 0 Å². The molecular formula is C14H17N3OS. The summed E-state index contributed by atoms with van der Waals surface area (Å²) in [5, 5.41) is 8.07. The topological polar surface area (TPSA) is 54.0 Å². The quantitative estimate of drug-likeness (QED) is 0.902. The minimum absolute atomic E-state index is 0.0674. The highest BCUT2D eigenvalue weighted by Crippen LogP contribution is 2.22. The standard InChI is InChI=1S/C14H17N3OS/c1-9-6-11(14(18)15-3)4-5-12(9)17-10(2)13-7-19-8-16-13/h4-8,10,17H,1-3H3,(H,15,18). The van der Waals surface area contributed by atoms with Crippen LogP contribution in [0.15, 0.2) is 29.1 Å². The normalized spacial score (nSPS) is 11.9. The number of carbonyl (C=O) groups excluding carboxylic acids is 1. The third-order valence-electron chi connectivity index (χ3n) is 2.98. The molecule has 4 nitrogen and oxygen atoms in total. The van der Waals surface area contributed by atoms with Crippen molar-refractivity contribution in [1.82, 2.24) is 10.3 Å². The number of thiazole rings is 1. The van der Waals surface area contributed by atoms with Crippen LogP contribution in [0.25, 0.3) is 0 Å². The second-order valence-corrected chi connectivity index (χ2v) is 5.11. The molecule has 1 amide bonds. The molecule has 1 aromatic heterocycles. The van der Waals surface area contributed by atoms with Gasteiger partial charge < -0.3 is 10.6 Å². The van der Waals surface area contributed by atoms with Crippen LogP contribution in [0.5, 0.6) is 0 Å². The Kier molecular flexibility index (Phi) is 4.16. The van der Waals surface area contributed by atoms with Crippen molar-refractivity contribution in [3.8, 4) is 0 Å². The molecule has 1 heterocycles. The van der Waals surface area contributed by atoms with Gasteiger partial charge in [-0.3, -0.25) is 4.79 Å². The molecule has 2 aromatic rings. The number of aryl methyl sites for hydroxylation is 1. The summed E-state index contributed by atoms with van der Waals surface area (Å²) >= 11 is 1.59. The monoisotopic (exact) mass is 275 g/mol. The van der Waals surface area contributed by atoms with Gasteiger partial charge in [-0.05, 0) is 37.6 Å². The van der Waals surface area contributed by atoms with Crippen molar-refractivity contribution in [2.45, 2.75) is 19.9 Å². The molecule has 0 aliphatic rings. The fourth-order valence-corrected chi connectivity index (χ4v) is 2.50. The van der Waals surface area contributed by atoms with Crippen molar-refractivity contribution >= 4 is 22.9 Å². The van der Waals surface area contributed by atoms with Gasteiger partial charge in [0.15, 0.2) is 0 Å². The maximum Gasteiger partial charge on any atom is 0.251 e. The van der Waals surface area contributed by atoms with E-state index in [0.717, 1.165) is 16.9 Å². The highest BCUT2D eigenvalue weighted by molar-refractivity contribution is 7.07. The largest absolute Gasteiger partial charge is 0.377 e. The van der Waals surface area contributed by atoms with Crippen molar-refractivity contribution in [1.29, 1.82) is 0 Å². The van der Waals surface area contributed by atoms with E-state index >= 15 is 0 Å². The molecular weight excluding hydrogens is 258 g/mol. The lowest BCUT2D eigenvalue weighted by Crippen LogP contribution is -2.18. The number of benzene rings is 1. The van der Waals surface area contributed by atoms with E-state index in [2.05, 4.69) is 22.5 Å². The zero-order valence-electron chi connectivity index (χ0n) is 11.2. The smallest absolute Gasteiger partial charge is 0.251 e. The Morgan fingerprint density at radius 3 is 2.79 bits per heavy atom. The lowest BCUT2D eigenvalue weighted by atomic mass is 10.1. The first-order valence-electron chi connectivity index (χ1n) is 6.09. The number of anilines is 1. The van der Waals surface area contributed by atoms with E-state index in [1.54, 1.807) is 18.4 Å². The molecule has 0 bridgehead atoms. The third kappa shape index (κ3) is 3.12. The molecule has 0 fully saturated rings. The first-order chi connectivity index (χ1) is 9.11. The van der Waals surface area contributed by atoms with Gasteiger partial charge in [-0.25, -0.2) is 4.98 Å². The molecule has 0 radical (unpaired) electrons. The number of hydrogen-bond donors (Lipinski definition) is 2. The molecule has 19 heavy (non-hydrogen) atoms. The fraction of sp³-hybridized carbons (Fsp3) is 0.286. The zero-order valence-corrected chi connectivity index (χ0v) is 12.0. The summed E-state index contributed by atoms with van der Waals surface area (Å²) in [4.78, 5) is 15.8. The molecule has 2 N–H and O–H groups in total. The fourth-order valence-electron chi connectivity index (χ4n) is 1.85. The summed E-state index contributed by atoms with van der Waals surface area (Å²) in [6.45, 7) is 4.06. The summed E-state index contributed by atoms with van der Waals surface area (Å²) in [7, 11) is 1.63. The maximum absolute atomic E-state index is 11.5. The van der Waals surface area contributed by atoms with Gasteiger partial charge in [-0.2, -0.15) is 0 Å². The van der Waals surface area contributed by atoms with Crippen LogP contribution in [-0.2, 0) is 0 Å². The molecule has 0 aliphatic heterocycles. The Labute approximate surface area is 116 Å². The molecule has 0 saturated heterocycles. The number of amides is 1. The maximum atomic E-state index is 11.5. The minimum Gasteiger partial charge on any atom is -0.377 e. The van der Waals surface area contributed by atoms with Crippen LogP contribution in [0.3, 0.4) is 0 Å². The summed E-state index contributed by atoms with van der Waals surface area (Å²) in [5.41, 5.74) is 5.60. The number of nitrogens with one attached hydrogen (secondary N) is 2.